The van der Waals surface area contributed by atoms with Gasteiger partial charge >= 0.3 is 0 Å². The molecule has 30 heavy (non-hydrogen) atoms. The highest BCUT2D eigenvalue weighted by Crippen LogP contribution is 2.24. The number of aromatic carboxylic acids is 1. The van der Waals surface area contributed by atoms with Gasteiger partial charge in [0, 0.05) is 29.7 Å². The molecule has 0 aliphatic rings. The van der Waals surface area contributed by atoms with E-state index in [4.69, 9.17) is 0 Å². The zero-order valence-electron chi connectivity index (χ0n) is 15.8. The first-order chi connectivity index (χ1) is 14.6. The summed E-state index contributed by atoms with van der Waals surface area (Å²) in [4.78, 5) is 27.9. The molecule has 3 aromatic heterocycles. The normalized spacial score (nSPS) is 11.1. The summed E-state index contributed by atoms with van der Waals surface area (Å²) in [5, 5.41) is 15.6. The van der Waals surface area contributed by atoms with E-state index in [1.807, 2.05) is 53.3 Å². The van der Waals surface area contributed by atoms with E-state index in [2.05, 4.69) is 10.1 Å². The fourth-order valence-electron chi connectivity index (χ4n) is 2.97. The molecule has 7 heteroatoms. The van der Waals surface area contributed by atoms with E-state index in [0.29, 0.717) is 17.1 Å². The van der Waals surface area contributed by atoms with Crippen LogP contribution in [0.1, 0.15) is 30.5 Å². The number of aromatic nitrogens is 3. The number of hydrogen-bond acceptors (Lipinski definition) is 6. The van der Waals surface area contributed by atoms with Crippen LogP contribution in [0, 0.1) is 0 Å². The topological polar surface area (TPSA) is 87.9 Å². The van der Waals surface area contributed by atoms with Crippen LogP contribution in [0.25, 0.3) is 17.3 Å². The lowest BCUT2D eigenvalue weighted by Gasteiger charge is -2.01. The quantitative estimate of drug-likeness (QED) is 0.342. The third-order valence-corrected chi connectivity index (χ3v) is 5.46. The number of allylic oxidation sites excluding steroid dienone is 1. The monoisotopic (exact) mass is 414 g/mol. The van der Waals surface area contributed by atoms with Crippen molar-refractivity contribution in [3.8, 4) is 11.3 Å². The third kappa shape index (κ3) is 4.42. The number of rotatable bonds is 7. The van der Waals surface area contributed by atoms with Gasteiger partial charge in [0.05, 0.1) is 22.3 Å². The summed E-state index contributed by atoms with van der Waals surface area (Å²) in [6, 6.07) is 16.6. The van der Waals surface area contributed by atoms with Crippen LogP contribution < -0.4 is 5.11 Å². The number of ketones is 1. The van der Waals surface area contributed by atoms with Crippen LogP contribution in [0.3, 0.4) is 0 Å². The smallest absolute Gasteiger partial charge is 0.195 e. The zero-order chi connectivity index (χ0) is 20.9. The summed E-state index contributed by atoms with van der Waals surface area (Å²) in [7, 11) is 0. The van der Waals surface area contributed by atoms with Gasteiger partial charge < -0.3 is 9.90 Å². The van der Waals surface area contributed by atoms with E-state index >= 15 is 0 Å². The lowest BCUT2D eigenvalue weighted by molar-refractivity contribution is -0.254. The summed E-state index contributed by atoms with van der Waals surface area (Å²) in [6.07, 6.45) is 8.40. The van der Waals surface area contributed by atoms with Gasteiger partial charge in [-0.05, 0) is 42.0 Å². The van der Waals surface area contributed by atoms with E-state index < -0.39 is 5.97 Å². The maximum absolute atomic E-state index is 12.5. The Kier molecular flexibility index (Phi) is 5.63. The van der Waals surface area contributed by atoms with Crippen molar-refractivity contribution in [2.75, 3.05) is 0 Å². The van der Waals surface area contributed by atoms with E-state index in [0.717, 1.165) is 28.0 Å². The van der Waals surface area contributed by atoms with E-state index in [9.17, 15) is 14.7 Å². The SMILES string of the molecule is O=C([O-])c1ccc(C(=O)/C=C/c2cn(Cc3ccccc3)nc2-c2cccnc2)s1. The molecular weight excluding hydrogens is 398 g/mol. The molecule has 4 aromatic rings. The van der Waals surface area contributed by atoms with Gasteiger partial charge in [0.25, 0.3) is 0 Å². The summed E-state index contributed by atoms with van der Waals surface area (Å²) >= 11 is 0.898. The van der Waals surface area contributed by atoms with Gasteiger partial charge in [-0.3, -0.25) is 14.5 Å². The van der Waals surface area contributed by atoms with Crippen LogP contribution in [0.15, 0.2) is 79.3 Å². The van der Waals surface area contributed by atoms with Crippen molar-refractivity contribution in [3.63, 3.8) is 0 Å². The standard InChI is InChI=1S/C23H17N3O3S/c27-19(20-10-11-21(30-20)23(28)29)9-8-18-15-26(14-16-5-2-1-3-6-16)25-22(18)17-7-4-12-24-13-17/h1-13,15H,14H2,(H,28,29)/p-1/b9-8+. The molecule has 0 saturated heterocycles. The Morgan fingerprint density at radius 2 is 1.83 bits per heavy atom. The largest absolute Gasteiger partial charge is 0.544 e. The van der Waals surface area contributed by atoms with Gasteiger partial charge in [-0.15, -0.1) is 11.3 Å². The summed E-state index contributed by atoms with van der Waals surface area (Å²) in [6.45, 7) is 0.593. The number of benzene rings is 1. The molecule has 6 nitrogen and oxygen atoms in total. The second kappa shape index (κ2) is 8.67. The number of carboxylic acids is 1. The molecule has 148 valence electrons. The van der Waals surface area contributed by atoms with Crippen molar-refractivity contribution in [1.29, 1.82) is 0 Å². The van der Waals surface area contributed by atoms with Crippen molar-refractivity contribution >= 4 is 29.2 Å². The summed E-state index contributed by atoms with van der Waals surface area (Å²) in [5.74, 6) is -1.57. The number of thiophene rings is 1. The minimum absolute atomic E-state index is 0.0264. The predicted octanol–water partition coefficient (Wildman–Crippen LogP) is 3.31. The van der Waals surface area contributed by atoms with Crippen LogP contribution >= 0.6 is 11.3 Å². The van der Waals surface area contributed by atoms with Crippen LogP contribution in [-0.2, 0) is 6.54 Å². The van der Waals surface area contributed by atoms with Crippen molar-refractivity contribution < 1.29 is 14.7 Å². The number of pyridine rings is 1. The molecular formula is C23H16N3O3S-. The molecule has 0 atom stereocenters. The Morgan fingerprint density at radius 3 is 2.53 bits per heavy atom. The zero-order valence-corrected chi connectivity index (χ0v) is 16.6. The fraction of sp³-hybridized carbons (Fsp3) is 0.0435. The first-order valence-electron chi connectivity index (χ1n) is 9.15. The molecule has 4 rings (SSSR count). The van der Waals surface area contributed by atoms with Crippen LogP contribution in [0.5, 0.6) is 0 Å². The summed E-state index contributed by atoms with van der Waals surface area (Å²) in [5.41, 5.74) is 3.43. The summed E-state index contributed by atoms with van der Waals surface area (Å²) < 4.78 is 1.82. The molecule has 0 saturated carbocycles. The molecule has 0 radical (unpaired) electrons. The Balaban J connectivity index is 1.64. The van der Waals surface area contributed by atoms with E-state index in [-0.39, 0.29) is 10.7 Å². The molecule has 0 aliphatic heterocycles. The Labute approximate surface area is 176 Å². The average molecular weight is 414 g/mol. The highest BCUT2D eigenvalue weighted by atomic mass is 32.1. The van der Waals surface area contributed by atoms with Crippen molar-refractivity contribution in [2.45, 2.75) is 6.54 Å². The highest BCUT2D eigenvalue weighted by molar-refractivity contribution is 7.16. The molecule has 3 heterocycles. The number of nitrogens with zero attached hydrogens (tertiary/aromatic N) is 3. The fourth-order valence-corrected chi connectivity index (χ4v) is 3.73. The number of hydrogen-bond donors (Lipinski definition) is 0. The highest BCUT2D eigenvalue weighted by Gasteiger charge is 2.12. The third-order valence-electron chi connectivity index (χ3n) is 4.38. The van der Waals surface area contributed by atoms with Crippen molar-refractivity contribution in [3.05, 3.63) is 100 Å². The first-order valence-corrected chi connectivity index (χ1v) is 9.97. The first kappa shape index (κ1) is 19.5. The number of carbonyl (C=O) groups excluding carboxylic acids is 2. The minimum Gasteiger partial charge on any atom is -0.544 e. The molecule has 1 aromatic carbocycles. The van der Waals surface area contributed by atoms with Gasteiger partial charge in [-0.2, -0.15) is 5.10 Å². The van der Waals surface area contributed by atoms with E-state index in [1.165, 1.54) is 18.2 Å². The number of carbonyl (C=O) groups is 2. The Bertz CT molecular complexity index is 1210. The van der Waals surface area contributed by atoms with Gasteiger partial charge in [0.1, 0.15) is 5.69 Å². The van der Waals surface area contributed by atoms with Crippen LogP contribution in [-0.4, -0.2) is 26.5 Å². The van der Waals surface area contributed by atoms with E-state index in [1.54, 1.807) is 18.5 Å². The molecule has 0 amide bonds. The van der Waals surface area contributed by atoms with Crippen molar-refractivity contribution in [1.82, 2.24) is 14.8 Å². The second-order valence-corrected chi connectivity index (χ2v) is 7.59. The molecule has 0 fully saturated rings. The Morgan fingerprint density at radius 1 is 1.03 bits per heavy atom. The maximum atomic E-state index is 12.5. The minimum atomic E-state index is -1.29. The lowest BCUT2D eigenvalue weighted by Crippen LogP contribution is -2.20. The molecule has 0 spiro atoms. The molecule has 0 aliphatic carbocycles. The van der Waals surface area contributed by atoms with Crippen LogP contribution in [0.2, 0.25) is 0 Å². The Hall–Kier alpha value is -3.84. The van der Waals surface area contributed by atoms with Crippen LogP contribution in [0.4, 0.5) is 0 Å². The molecule has 0 bridgehead atoms. The van der Waals surface area contributed by atoms with Gasteiger partial charge in [-0.1, -0.05) is 30.3 Å². The maximum Gasteiger partial charge on any atom is 0.195 e. The average Bonchev–Trinajstić information content (AvgIpc) is 3.41. The van der Waals surface area contributed by atoms with Crippen molar-refractivity contribution in [2.24, 2.45) is 0 Å². The second-order valence-electron chi connectivity index (χ2n) is 6.51. The lowest BCUT2D eigenvalue weighted by atomic mass is 10.1. The van der Waals surface area contributed by atoms with Gasteiger partial charge in [-0.25, -0.2) is 0 Å². The number of carboxylic acid groups (broad SMARTS) is 1. The molecule has 0 unspecified atom stereocenters. The van der Waals surface area contributed by atoms with Gasteiger partial charge in [0.2, 0.25) is 0 Å². The molecule has 0 N–H and O–H groups in total. The van der Waals surface area contributed by atoms with Gasteiger partial charge in [0.15, 0.2) is 5.78 Å². The predicted molar refractivity (Wildman–Crippen MR) is 113 cm³/mol.